The van der Waals surface area contributed by atoms with Crippen molar-refractivity contribution >= 4 is 16.3 Å². The topological polar surface area (TPSA) is 29.3 Å². The lowest BCUT2D eigenvalue weighted by atomic mass is 9.84. The van der Waals surface area contributed by atoms with Gasteiger partial charge in [-0.15, -0.1) is 11.3 Å². The Morgan fingerprint density at radius 2 is 2.10 bits per heavy atom. The smallest absolute Gasteiger partial charge is 0.194 e. The number of aryl methyl sites for hydroxylation is 2. The molecule has 20 heavy (non-hydrogen) atoms. The third-order valence-corrected chi connectivity index (χ3v) is 5.72. The summed E-state index contributed by atoms with van der Waals surface area (Å²) in [4.78, 5) is 5.79. The van der Waals surface area contributed by atoms with Gasteiger partial charge in [-0.3, -0.25) is 4.40 Å². The number of hydrogen-bond donors (Lipinski definition) is 1. The summed E-state index contributed by atoms with van der Waals surface area (Å²) < 4.78 is 2.31. The van der Waals surface area contributed by atoms with Crippen molar-refractivity contribution in [3.8, 4) is 0 Å². The van der Waals surface area contributed by atoms with Crippen molar-refractivity contribution in [1.29, 1.82) is 0 Å². The number of thiazole rings is 1. The van der Waals surface area contributed by atoms with Gasteiger partial charge >= 0.3 is 0 Å². The van der Waals surface area contributed by atoms with Gasteiger partial charge in [0.05, 0.1) is 11.4 Å². The molecule has 1 aliphatic carbocycles. The first-order chi connectivity index (χ1) is 9.66. The molecule has 3 rings (SSSR count). The summed E-state index contributed by atoms with van der Waals surface area (Å²) in [5, 5.41) is 5.94. The highest BCUT2D eigenvalue weighted by Gasteiger charge is 2.20. The van der Waals surface area contributed by atoms with Crippen LogP contribution in [0.25, 0.3) is 4.96 Å². The van der Waals surface area contributed by atoms with Gasteiger partial charge in [-0.25, -0.2) is 4.98 Å². The van der Waals surface area contributed by atoms with Gasteiger partial charge in [0.15, 0.2) is 4.96 Å². The van der Waals surface area contributed by atoms with Crippen LogP contribution in [0, 0.1) is 19.8 Å². The number of fused-ring (bicyclic) bond motifs is 1. The number of imidazole rings is 1. The molecule has 0 aromatic carbocycles. The lowest BCUT2D eigenvalue weighted by Crippen LogP contribution is -2.34. The molecule has 0 spiro atoms. The van der Waals surface area contributed by atoms with E-state index in [0.717, 1.165) is 17.4 Å². The summed E-state index contributed by atoms with van der Waals surface area (Å²) >= 11 is 1.74. The Hall–Kier alpha value is -0.870. The lowest BCUT2D eigenvalue weighted by Gasteiger charge is -2.28. The van der Waals surface area contributed by atoms with E-state index in [9.17, 15) is 0 Å². The minimum absolute atomic E-state index is 0.610. The van der Waals surface area contributed by atoms with Crippen LogP contribution in [-0.4, -0.2) is 15.4 Å². The van der Waals surface area contributed by atoms with Crippen LogP contribution >= 0.6 is 11.3 Å². The van der Waals surface area contributed by atoms with Crippen LogP contribution in [-0.2, 0) is 6.54 Å². The molecular weight excluding hydrogens is 266 g/mol. The van der Waals surface area contributed by atoms with E-state index in [1.54, 1.807) is 11.3 Å². The molecular formula is C16H25N3S. The van der Waals surface area contributed by atoms with Crippen LogP contribution < -0.4 is 5.32 Å². The molecule has 2 aromatic rings. The summed E-state index contributed by atoms with van der Waals surface area (Å²) in [7, 11) is 0. The van der Waals surface area contributed by atoms with Gasteiger partial charge in [0.1, 0.15) is 0 Å². The Morgan fingerprint density at radius 3 is 2.85 bits per heavy atom. The standard InChI is InChI=1S/C16H25N3S/c1-11-10-20-16-18-13(3)15(19(11)16)9-17-12(2)14-7-5-4-6-8-14/h10,12,14,17H,4-9H2,1-3H3/t12-/m0/s1. The number of nitrogens with zero attached hydrogens (tertiary/aromatic N) is 2. The Bertz CT molecular complexity index is 578. The van der Waals surface area contributed by atoms with Crippen LogP contribution in [0.4, 0.5) is 0 Å². The molecule has 1 fully saturated rings. The second-order valence-electron chi connectivity index (χ2n) is 6.21. The van der Waals surface area contributed by atoms with Gasteiger partial charge in [0.2, 0.25) is 0 Å². The molecule has 0 aliphatic heterocycles. The molecule has 1 aliphatic rings. The maximum Gasteiger partial charge on any atom is 0.194 e. The average Bonchev–Trinajstić information content (AvgIpc) is 2.97. The van der Waals surface area contributed by atoms with E-state index < -0.39 is 0 Å². The van der Waals surface area contributed by atoms with Gasteiger partial charge in [0.25, 0.3) is 0 Å². The molecule has 2 heterocycles. The SMILES string of the molecule is Cc1nc2scc(C)n2c1CN[C@@H](C)C1CCCCC1. The number of rotatable bonds is 4. The van der Waals surface area contributed by atoms with Crippen molar-refractivity contribution < 1.29 is 0 Å². The Morgan fingerprint density at radius 1 is 1.35 bits per heavy atom. The molecule has 1 atom stereocenters. The summed E-state index contributed by atoms with van der Waals surface area (Å²) in [6.07, 6.45) is 7.05. The van der Waals surface area contributed by atoms with Gasteiger partial charge in [-0.1, -0.05) is 19.3 Å². The van der Waals surface area contributed by atoms with Crippen molar-refractivity contribution in [3.05, 3.63) is 22.5 Å². The molecule has 0 saturated heterocycles. The largest absolute Gasteiger partial charge is 0.308 e. The number of hydrogen-bond acceptors (Lipinski definition) is 3. The predicted octanol–water partition coefficient (Wildman–Crippen LogP) is 4.07. The van der Waals surface area contributed by atoms with Gasteiger partial charge in [-0.2, -0.15) is 0 Å². The summed E-state index contributed by atoms with van der Waals surface area (Å²) in [6, 6.07) is 0.610. The fraction of sp³-hybridized carbons (Fsp3) is 0.688. The van der Waals surface area contributed by atoms with Crippen molar-refractivity contribution in [2.24, 2.45) is 5.92 Å². The third-order valence-electron chi connectivity index (χ3n) is 4.78. The van der Waals surface area contributed by atoms with E-state index in [-0.39, 0.29) is 0 Å². The maximum absolute atomic E-state index is 4.67. The van der Waals surface area contributed by atoms with Crippen LogP contribution in [0.1, 0.15) is 56.1 Å². The Kier molecular flexibility index (Phi) is 4.13. The zero-order valence-electron chi connectivity index (χ0n) is 12.8. The Labute approximate surface area is 125 Å². The predicted molar refractivity (Wildman–Crippen MR) is 85.4 cm³/mol. The first-order valence-electron chi connectivity index (χ1n) is 7.82. The number of nitrogens with one attached hydrogen (secondary N) is 1. The van der Waals surface area contributed by atoms with Crippen LogP contribution in [0.5, 0.6) is 0 Å². The normalized spacial score (nSPS) is 18.8. The van der Waals surface area contributed by atoms with E-state index in [0.29, 0.717) is 6.04 Å². The average molecular weight is 291 g/mol. The Balaban J connectivity index is 1.70. The van der Waals surface area contributed by atoms with Crippen LogP contribution in [0.15, 0.2) is 5.38 Å². The molecule has 0 radical (unpaired) electrons. The van der Waals surface area contributed by atoms with Crippen molar-refractivity contribution in [2.45, 2.75) is 65.5 Å². The fourth-order valence-electron chi connectivity index (χ4n) is 3.43. The quantitative estimate of drug-likeness (QED) is 0.920. The first kappa shape index (κ1) is 14.1. The monoisotopic (exact) mass is 291 g/mol. The zero-order valence-corrected chi connectivity index (χ0v) is 13.6. The van der Waals surface area contributed by atoms with E-state index in [1.807, 2.05) is 0 Å². The first-order valence-corrected chi connectivity index (χ1v) is 8.70. The van der Waals surface area contributed by atoms with Gasteiger partial charge in [-0.05, 0) is 39.5 Å². The minimum atomic E-state index is 0.610. The highest BCUT2D eigenvalue weighted by molar-refractivity contribution is 7.15. The lowest BCUT2D eigenvalue weighted by molar-refractivity contribution is 0.280. The van der Waals surface area contributed by atoms with Gasteiger partial charge in [0, 0.05) is 23.7 Å². The zero-order chi connectivity index (χ0) is 14.1. The highest BCUT2D eigenvalue weighted by atomic mass is 32.1. The van der Waals surface area contributed by atoms with Crippen molar-refractivity contribution in [2.75, 3.05) is 0 Å². The van der Waals surface area contributed by atoms with E-state index >= 15 is 0 Å². The van der Waals surface area contributed by atoms with E-state index in [2.05, 4.69) is 40.9 Å². The second kappa shape index (κ2) is 5.86. The number of aromatic nitrogens is 2. The molecule has 4 heteroatoms. The molecule has 0 unspecified atom stereocenters. The van der Waals surface area contributed by atoms with E-state index in [4.69, 9.17) is 0 Å². The summed E-state index contributed by atoms with van der Waals surface area (Å²) in [6.45, 7) is 7.58. The molecule has 1 saturated carbocycles. The van der Waals surface area contributed by atoms with Crippen molar-refractivity contribution in [3.63, 3.8) is 0 Å². The molecule has 3 nitrogen and oxygen atoms in total. The molecule has 110 valence electrons. The minimum Gasteiger partial charge on any atom is -0.308 e. The highest BCUT2D eigenvalue weighted by Crippen LogP contribution is 2.27. The van der Waals surface area contributed by atoms with Crippen LogP contribution in [0.2, 0.25) is 0 Å². The summed E-state index contributed by atoms with van der Waals surface area (Å²) in [5.41, 5.74) is 3.80. The van der Waals surface area contributed by atoms with Crippen molar-refractivity contribution in [1.82, 2.24) is 14.7 Å². The second-order valence-corrected chi connectivity index (χ2v) is 7.04. The third kappa shape index (κ3) is 2.63. The molecule has 2 aromatic heterocycles. The molecule has 0 amide bonds. The summed E-state index contributed by atoms with van der Waals surface area (Å²) in [5.74, 6) is 0.857. The molecule has 0 bridgehead atoms. The van der Waals surface area contributed by atoms with E-state index in [1.165, 1.54) is 49.2 Å². The van der Waals surface area contributed by atoms with Crippen LogP contribution in [0.3, 0.4) is 0 Å². The van der Waals surface area contributed by atoms with Gasteiger partial charge < -0.3 is 5.32 Å². The maximum atomic E-state index is 4.67. The fourth-order valence-corrected chi connectivity index (χ4v) is 4.36. The molecule has 1 N–H and O–H groups in total.